The van der Waals surface area contributed by atoms with E-state index in [2.05, 4.69) is 0 Å². The Bertz CT molecular complexity index is 486. The second kappa shape index (κ2) is 5.09. The summed E-state index contributed by atoms with van der Waals surface area (Å²) in [6.07, 6.45) is 1.51. The monoisotopic (exact) mass is 264 g/mol. The normalized spacial score (nSPS) is 23.2. The van der Waals surface area contributed by atoms with Crippen molar-refractivity contribution in [3.63, 3.8) is 0 Å². The molecule has 2 rings (SSSR count). The van der Waals surface area contributed by atoms with E-state index in [1.54, 1.807) is 37.1 Å². The van der Waals surface area contributed by atoms with Crippen molar-refractivity contribution in [3.8, 4) is 5.75 Å². The van der Waals surface area contributed by atoms with Crippen LogP contribution in [0.4, 0.5) is 5.69 Å². The Balaban J connectivity index is 2.24. The summed E-state index contributed by atoms with van der Waals surface area (Å²) >= 11 is 0. The van der Waals surface area contributed by atoms with E-state index < -0.39 is 5.60 Å². The summed E-state index contributed by atoms with van der Waals surface area (Å²) in [6, 6.07) is 5.02. The van der Waals surface area contributed by atoms with Crippen molar-refractivity contribution in [1.29, 1.82) is 0 Å². The second-order valence-corrected chi connectivity index (χ2v) is 5.28. The third-order valence-electron chi connectivity index (χ3n) is 3.45. The van der Waals surface area contributed by atoms with Gasteiger partial charge in [-0.3, -0.25) is 4.79 Å². The molecule has 5 heteroatoms. The number of anilines is 1. The number of hydrogen-bond donors (Lipinski definition) is 2. The van der Waals surface area contributed by atoms with Crippen LogP contribution in [-0.2, 0) is 0 Å². The summed E-state index contributed by atoms with van der Waals surface area (Å²) in [4.78, 5) is 14.1. The van der Waals surface area contributed by atoms with Gasteiger partial charge in [0.15, 0.2) is 0 Å². The highest BCUT2D eigenvalue weighted by atomic mass is 16.5. The number of amides is 1. The summed E-state index contributed by atoms with van der Waals surface area (Å²) < 4.78 is 5.11. The predicted octanol–water partition coefficient (Wildman–Crippen LogP) is 1.26. The van der Waals surface area contributed by atoms with E-state index in [4.69, 9.17) is 10.5 Å². The number of benzene rings is 1. The van der Waals surface area contributed by atoms with Gasteiger partial charge in [-0.15, -0.1) is 0 Å². The standard InChI is InChI=1S/C14H20N2O3/c1-14(18)6-3-7-16(9-14)13(17)11-8-10(19-2)4-5-12(11)15/h4-5,8,18H,3,6-7,9,15H2,1-2H3. The van der Waals surface area contributed by atoms with Crippen LogP contribution in [0, 0.1) is 0 Å². The molecule has 1 saturated heterocycles. The number of carbonyl (C=O) groups is 1. The molecule has 0 spiro atoms. The molecule has 1 atom stereocenters. The molecule has 19 heavy (non-hydrogen) atoms. The SMILES string of the molecule is COc1ccc(N)c(C(=O)N2CCCC(C)(O)C2)c1. The van der Waals surface area contributed by atoms with Crippen molar-refractivity contribution in [2.75, 3.05) is 25.9 Å². The van der Waals surface area contributed by atoms with Gasteiger partial charge >= 0.3 is 0 Å². The molecule has 1 aliphatic heterocycles. The highest BCUT2D eigenvalue weighted by Gasteiger charge is 2.31. The molecule has 104 valence electrons. The van der Waals surface area contributed by atoms with Crippen LogP contribution >= 0.6 is 0 Å². The number of nitrogens with two attached hydrogens (primary N) is 1. The Hall–Kier alpha value is -1.75. The number of hydrogen-bond acceptors (Lipinski definition) is 4. The quantitative estimate of drug-likeness (QED) is 0.789. The van der Waals surface area contributed by atoms with Crippen molar-refractivity contribution < 1.29 is 14.6 Å². The second-order valence-electron chi connectivity index (χ2n) is 5.28. The lowest BCUT2D eigenvalue weighted by Crippen LogP contribution is -2.48. The van der Waals surface area contributed by atoms with E-state index in [0.717, 1.165) is 6.42 Å². The lowest BCUT2D eigenvalue weighted by molar-refractivity contribution is -0.0107. The van der Waals surface area contributed by atoms with Crippen molar-refractivity contribution in [3.05, 3.63) is 23.8 Å². The third-order valence-corrected chi connectivity index (χ3v) is 3.45. The minimum atomic E-state index is -0.818. The Kier molecular flexibility index (Phi) is 3.66. The topological polar surface area (TPSA) is 75.8 Å². The fourth-order valence-corrected chi connectivity index (χ4v) is 2.41. The van der Waals surface area contributed by atoms with E-state index in [9.17, 15) is 9.90 Å². The molecule has 0 radical (unpaired) electrons. The average molecular weight is 264 g/mol. The smallest absolute Gasteiger partial charge is 0.256 e. The van der Waals surface area contributed by atoms with Crippen LogP contribution in [-0.4, -0.2) is 41.7 Å². The molecule has 1 amide bonds. The molecule has 1 fully saturated rings. The van der Waals surface area contributed by atoms with Crippen molar-refractivity contribution >= 4 is 11.6 Å². The molecule has 1 heterocycles. The Morgan fingerprint density at radius 2 is 2.26 bits per heavy atom. The number of methoxy groups -OCH3 is 1. The molecular formula is C14H20N2O3. The van der Waals surface area contributed by atoms with E-state index >= 15 is 0 Å². The fraction of sp³-hybridized carbons (Fsp3) is 0.500. The van der Waals surface area contributed by atoms with Gasteiger partial charge in [0, 0.05) is 18.8 Å². The van der Waals surface area contributed by atoms with Crippen molar-refractivity contribution in [2.24, 2.45) is 0 Å². The van der Waals surface area contributed by atoms with Gasteiger partial charge in [0.25, 0.3) is 5.91 Å². The number of likely N-dealkylation sites (tertiary alicyclic amines) is 1. The highest BCUT2D eigenvalue weighted by Crippen LogP contribution is 2.25. The van der Waals surface area contributed by atoms with Gasteiger partial charge in [-0.25, -0.2) is 0 Å². The first kappa shape index (κ1) is 13.7. The number of β-amino-alcohol motifs (C(OH)–C–C–N with tert-alkyl or cyclic N) is 1. The maximum atomic E-state index is 12.5. The number of piperidine rings is 1. The molecule has 3 N–H and O–H groups in total. The van der Waals surface area contributed by atoms with Gasteiger partial charge in [-0.2, -0.15) is 0 Å². The highest BCUT2D eigenvalue weighted by molar-refractivity contribution is 5.99. The van der Waals surface area contributed by atoms with Crippen LogP contribution in [0.2, 0.25) is 0 Å². The minimum Gasteiger partial charge on any atom is -0.497 e. The maximum absolute atomic E-state index is 12.5. The zero-order valence-electron chi connectivity index (χ0n) is 11.3. The first-order chi connectivity index (χ1) is 8.93. The number of nitrogen functional groups attached to an aromatic ring is 1. The van der Waals surface area contributed by atoms with Crippen LogP contribution in [0.1, 0.15) is 30.1 Å². The molecule has 1 aromatic carbocycles. The van der Waals surface area contributed by atoms with Gasteiger partial charge < -0.3 is 20.5 Å². The largest absolute Gasteiger partial charge is 0.497 e. The van der Waals surface area contributed by atoms with Crippen LogP contribution < -0.4 is 10.5 Å². The van der Waals surface area contributed by atoms with E-state index in [0.29, 0.717) is 36.5 Å². The molecule has 1 unspecified atom stereocenters. The van der Waals surface area contributed by atoms with Gasteiger partial charge in [-0.05, 0) is 38.0 Å². The van der Waals surface area contributed by atoms with Gasteiger partial charge in [0.2, 0.25) is 0 Å². The Labute approximate surface area is 113 Å². The molecule has 1 aliphatic rings. The summed E-state index contributed by atoms with van der Waals surface area (Å²) in [6.45, 7) is 2.73. The predicted molar refractivity (Wildman–Crippen MR) is 73.2 cm³/mol. The van der Waals surface area contributed by atoms with Gasteiger partial charge in [0.05, 0.1) is 18.3 Å². The maximum Gasteiger partial charge on any atom is 0.256 e. The third kappa shape index (κ3) is 2.98. The number of ether oxygens (including phenoxy) is 1. The zero-order chi connectivity index (χ0) is 14.0. The summed E-state index contributed by atoms with van der Waals surface area (Å²) in [7, 11) is 1.55. The molecule has 0 saturated carbocycles. The molecule has 0 aromatic heterocycles. The van der Waals surface area contributed by atoms with Crippen LogP contribution in [0.15, 0.2) is 18.2 Å². The fourth-order valence-electron chi connectivity index (χ4n) is 2.41. The van der Waals surface area contributed by atoms with Crippen molar-refractivity contribution in [2.45, 2.75) is 25.4 Å². The lowest BCUT2D eigenvalue weighted by Gasteiger charge is -2.37. The molecule has 0 bridgehead atoms. The summed E-state index contributed by atoms with van der Waals surface area (Å²) in [5.41, 5.74) is 5.89. The van der Waals surface area contributed by atoms with Gasteiger partial charge in [-0.1, -0.05) is 0 Å². The Morgan fingerprint density at radius 3 is 2.89 bits per heavy atom. The number of nitrogens with zero attached hydrogens (tertiary/aromatic N) is 1. The number of aliphatic hydroxyl groups is 1. The van der Waals surface area contributed by atoms with Crippen LogP contribution in [0.5, 0.6) is 5.75 Å². The molecule has 0 aliphatic carbocycles. The average Bonchev–Trinajstić information content (AvgIpc) is 2.37. The number of carbonyl (C=O) groups excluding carboxylic acids is 1. The van der Waals surface area contributed by atoms with E-state index in [-0.39, 0.29) is 5.91 Å². The van der Waals surface area contributed by atoms with Crippen molar-refractivity contribution in [1.82, 2.24) is 4.90 Å². The van der Waals surface area contributed by atoms with E-state index in [1.165, 1.54) is 0 Å². The first-order valence-electron chi connectivity index (χ1n) is 6.38. The summed E-state index contributed by atoms with van der Waals surface area (Å²) in [5, 5.41) is 10.1. The Morgan fingerprint density at radius 1 is 1.53 bits per heavy atom. The molecule has 5 nitrogen and oxygen atoms in total. The molecule has 1 aromatic rings. The zero-order valence-corrected chi connectivity index (χ0v) is 11.3. The first-order valence-corrected chi connectivity index (χ1v) is 6.38. The summed E-state index contributed by atoms with van der Waals surface area (Å²) in [5.74, 6) is 0.442. The van der Waals surface area contributed by atoms with Crippen LogP contribution in [0.3, 0.4) is 0 Å². The number of rotatable bonds is 2. The van der Waals surface area contributed by atoms with Crippen LogP contribution in [0.25, 0.3) is 0 Å². The lowest BCUT2D eigenvalue weighted by atomic mass is 9.94. The van der Waals surface area contributed by atoms with Gasteiger partial charge in [0.1, 0.15) is 5.75 Å². The molecular weight excluding hydrogens is 244 g/mol. The minimum absolute atomic E-state index is 0.156. The van der Waals surface area contributed by atoms with E-state index in [1.807, 2.05) is 0 Å².